The van der Waals surface area contributed by atoms with Crippen molar-refractivity contribution in [3.63, 3.8) is 0 Å². The van der Waals surface area contributed by atoms with Crippen molar-refractivity contribution < 1.29 is 14.3 Å². The number of hydrogen-bond acceptors (Lipinski definition) is 6. The van der Waals surface area contributed by atoms with Crippen LogP contribution in [-0.4, -0.2) is 52.6 Å². The molecule has 4 rings (SSSR count). The topological polar surface area (TPSA) is 87.7 Å². The van der Waals surface area contributed by atoms with Gasteiger partial charge in [-0.15, -0.1) is 0 Å². The smallest absolute Gasteiger partial charge is 0.411 e. The fourth-order valence-electron chi connectivity index (χ4n) is 4.23. The molecule has 2 aromatic carbocycles. The minimum absolute atomic E-state index is 0.0105. The van der Waals surface area contributed by atoms with E-state index in [1.165, 1.54) is 5.56 Å². The van der Waals surface area contributed by atoms with Crippen molar-refractivity contribution in [2.45, 2.75) is 39.7 Å². The molecule has 1 aliphatic rings. The molecule has 0 spiro atoms. The van der Waals surface area contributed by atoms with Crippen LogP contribution in [0.2, 0.25) is 0 Å². The Hall–Kier alpha value is -3.94. The number of amides is 2. The van der Waals surface area contributed by atoms with Gasteiger partial charge in [0.1, 0.15) is 6.10 Å². The highest BCUT2D eigenvalue weighted by Gasteiger charge is 2.32. The van der Waals surface area contributed by atoms with Crippen LogP contribution in [-0.2, 0) is 16.0 Å². The van der Waals surface area contributed by atoms with E-state index >= 15 is 0 Å². The molecule has 8 heteroatoms. The summed E-state index contributed by atoms with van der Waals surface area (Å²) in [6, 6.07) is 19.4. The molecule has 1 aliphatic heterocycles. The maximum absolute atomic E-state index is 12.4. The number of carbonyl (C=O) groups is 2. The van der Waals surface area contributed by atoms with Gasteiger partial charge in [0, 0.05) is 35.9 Å². The highest BCUT2D eigenvalue weighted by atomic mass is 16.6. The summed E-state index contributed by atoms with van der Waals surface area (Å²) in [7, 11) is 0. The lowest BCUT2D eigenvalue weighted by atomic mass is 10.1. The van der Waals surface area contributed by atoms with Crippen LogP contribution in [0.15, 0.2) is 60.7 Å². The van der Waals surface area contributed by atoms with Gasteiger partial charge in [-0.2, -0.15) is 0 Å². The third-order valence-electron chi connectivity index (χ3n) is 5.92. The molecule has 1 saturated heterocycles. The van der Waals surface area contributed by atoms with E-state index in [0.717, 1.165) is 23.5 Å². The number of aryl methyl sites for hydroxylation is 2. The van der Waals surface area contributed by atoms with Crippen LogP contribution >= 0.6 is 0 Å². The highest BCUT2D eigenvalue weighted by Crippen LogP contribution is 2.24. The first-order valence-electron chi connectivity index (χ1n) is 11.9. The van der Waals surface area contributed by atoms with Gasteiger partial charge in [0.05, 0.1) is 13.0 Å². The number of hydrogen-bond donors (Lipinski definition) is 1. The SMILES string of the molecule is CCN(c1ccc(NC(=O)OC2CC(=O)N(CCc3ccccc3)C2)cc1)c1nc(C)cc(C)n1. The molecular formula is C27H31N5O3. The van der Waals surface area contributed by atoms with Gasteiger partial charge in [-0.05, 0) is 63.1 Å². The van der Waals surface area contributed by atoms with Gasteiger partial charge in [0.15, 0.2) is 0 Å². The number of aromatic nitrogens is 2. The van der Waals surface area contributed by atoms with Crippen molar-refractivity contribution in [2.75, 3.05) is 29.9 Å². The average molecular weight is 474 g/mol. The zero-order valence-corrected chi connectivity index (χ0v) is 20.4. The summed E-state index contributed by atoms with van der Waals surface area (Å²) in [6.07, 6.45) is -0.0252. The van der Waals surface area contributed by atoms with E-state index in [1.54, 1.807) is 4.90 Å². The molecule has 2 amide bonds. The summed E-state index contributed by atoms with van der Waals surface area (Å²) in [5, 5.41) is 2.76. The molecule has 8 nitrogen and oxygen atoms in total. The first-order chi connectivity index (χ1) is 16.9. The fourth-order valence-corrected chi connectivity index (χ4v) is 4.23. The normalized spacial score (nSPS) is 15.2. The number of anilines is 3. The van der Waals surface area contributed by atoms with Crippen LogP contribution in [0.5, 0.6) is 0 Å². The van der Waals surface area contributed by atoms with E-state index in [-0.39, 0.29) is 12.3 Å². The molecule has 1 N–H and O–H groups in total. The quantitative estimate of drug-likeness (QED) is 0.513. The van der Waals surface area contributed by atoms with Crippen LogP contribution in [0.3, 0.4) is 0 Å². The maximum Gasteiger partial charge on any atom is 0.411 e. The van der Waals surface area contributed by atoms with Crippen molar-refractivity contribution in [2.24, 2.45) is 0 Å². The van der Waals surface area contributed by atoms with Gasteiger partial charge in [-0.25, -0.2) is 14.8 Å². The molecule has 0 aliphatic carbocycles. The van der Waals surface area contributed by atoms with E-state index in [2.05, 4.69) is 15.3 Å². The van der Waals surface area contributed by atoms with Crippen LogP contribution in [0.25, 0.3) is 0 Å². The first kappa shape index (κ1) is 24.2. The molecular weight excluding hydrogens is 442 g/mol. The van der Waals surface area contributed by atoms with Gasteiger partial charge >= 0.3 is 6.09 Å². The van der Waals surface area contributed by atoms with E-state index in [1.807, 2.05) is 86.3 Å². The Labute approximate surface area is 205 Å². The summed E-state index contributed by atoms with van der Waals surface area (Å²) in [5.41, 5.74) is 4.54. The van der Waals surface area contributed by atoms with Gasteiger partial charge in [-0.3, -0.25) is 10.1 Å². The fraction of sp³-hybridized carbons (Fsp3) is 0.333. The molecule has 0 saturated carbocycles. The van der Waals surface area contributed by atoms with Crippen molar-refractivity contribution in [1.29, 1.82) is 0 Å². The number of likely N-dealkylation sites (tertiary alicyclic amines) is 1. The minimum Gasteiger partial charge on any atom is -0.444 e. The Kier molecular flexibility index (Phi) is 7.60. The number of nitrogens with one attached hydrogen (secondary N) is 1. The largest absolute Gasteiger partial charge is 0.444 e. The molecule has 182 valence electrons. The summed E-state index contributed by atoms with van der Waals surface area (Å²) >= 11 is 0. The molecule has 2 heterocycles. The first-order valence-corrected chi connectivity index (χ1v) is 11.9. The van der Waals surface area contributed by atoms with Crippen molar-refractivity contribution in [1.82, 2.24) is 14.9 Å². The van der Waals surface area contributed by atoms with Gasteiger partial charge in [0.2, 0.25) is 11.9 Å². The van der Waals surface area contributed by atoms with Crippen LogP contribution in [0, 0.1) is 13.8 Å². The van der Waals surface area contributed by atoms with Crippen LogP contribution in [0.1, 0.15) is 30.3 Å². The van der Waals surface area contributed by atoms with Crippen LogP contribution < -0.4 is 10.2 Å². The van der Waals surface area contributed by atoms with E-state index in [4.69, 9.17) is 4.74 Å². The Bertz CT molecular complexity index is 1150. The predicted octanol–water partition coefficient (Wildman–Crippen LogP) is 4.64. The third-order valence-corrected chi connectivity index (χ3v) is 5.92. The molecule has 1 fully saturated rings. The molecule has 3 aromatic rings. The second-order valence-corrected chi connectivity index (χ2v) is 8.67. The maximum atomic E-state index is 12.4. The monoisotopic (exact) mass is 473 g/mol. The zero-order valence-electron chi connectivity index (χ0n) is 20.4. The molecule has 0 radical (unpaired) electrons. The minimum atomic E-state index is -0.564. The van der Waals surface area contributed by atoms with Crippen molar-refractivity contribution >= 4 is 29.3 Å². The Balaban J connectivity index is 1.30. The lowest BCUT2D eigenvalue weighted by molar-refractivity contribution is -0.127. The lowest BCUT2D eigenvalue weighted by Crippen LogP contribution is -2.29. The average Bonchev–Trinajstić information content (AvgIpc) is 3.18. The third kappa shape index (κ3) is 6.35. The number of nitrogens with zero attached hydrogens (tertiary/aromatic N) is 4. The Morgan fingerprint density at radius 1 is 1.09 bits per heavy atom. The summed E-state index contributed by atoms with van der Waals surface area (Å²) in [6.45, 7) is 7.67. The number of carbonyl (C=O) groups excluding carboxylic acids is 2. The van der Waals surface area contributed by atoms with Gasteiger partial charge in [0.25, 0.3) is 0 Å². The number of benzene rings is 2. The van der Waals surface area contributed by atoms with Gasteiger partial charge in [-0.1, -0.05) is 30.3 Å². The predicted molar refractivity (Wildman–Crippen MR) is 136 cm³/mol. The second kappa shape index (κ2) is 11.0. The number of ether oxygens (including phenoxy) is 1. The summed E-state index contributed by atoms with van der Waals surface area (Å²) in [5.74, 6) is 0.657. The second-order valence-electron chi connectivity index (χ2n) is 8.67. The van der Waals surface area contributed by atoms with E-state index < -0.39 is 12.2 Å². The van der Waals surface area contributed by atoms with Crippen molar-refractivity contribution in [3.8, 4) is 0 Å². The van der Waals surface area contributed by atoms with Crippen molar-refractivity contribution in [3.05, 3.63) is 77.6 Å². The molecule has 1 atom stereocenters. The van der Waals surface area contributed by atoms with E-state index in [0.29, 0.717) is 31.3 Å². The van der Waals surface area contributed by atoms with E-state index in [9.17, 15) is 9.59 Å². The summed E-state index contributed by atoms with van der Waals surface area (Å²) < 4.78 is 5.52. The van der Waals surface area contributed by atoms with Gasteiger partial charge < -0.3 is 14.5 Å². The van der Waals surface area contributed by atoms with Crippen LogP contribution in [0.4, 0.5) is 22.1 Å². The molecule has 1 unspecified atom stereocenters. The summed E-state index contributed by atoms with van der Waals surface area (Å²) in [4.78, 5) is 37.6. The molecule has 0 bridgehead atoms. The number of rotatable bonds is 8. The Morgan fingerprint density at radius 2 is 1.77 bits per heavy atom. The molecule has 1 aromatic heterocycles. The lowest BCUT2D eigenvalue weighted by Gasteiger charge is -2.22. The molecule has 35 heavy (non-hydrogen) atoms. The Morgan fingerprint density at radius 3 is 2.43 bits per heavy atom. The zero-order chi connectivity index (χ0) is 24.8. The highest BCUT2D eigenvalue weighted by molar-refractivity contribution is 5.86. The standard InChI is InChI=1S/C27H31N5O3/c1-4-32(26-28-19(2)16-20(3)29-26)23-12-10-22(11-13-23)30-27(34)35-24-17-25(33)31(18-24)15-14-21-8-6-5-7-9-21/h5-13,16,24H,4,14-15,17-18H2,1-3H3,(H,30,34).